The van der Waals surface area contributed by atoms with Crippen molar-refractivity contribution in [2.75, 3.05) is 24.6 Å². The first-order valence-electron chi connectivity index (χ1n) is 22.3. The molecule has 10 amide bonds. The number of nitrogens with one attached hydrogen (secondary N) is 7. The van der Waals surface area contributed by atoms with Gasteiger partial charge in [-0.3, -0.25) is 47.9 Å². The number of amides is 10. The number of carbonyl (C=O) groups excluding carboxylic acids is 10. The van der Waals surface area contributed by atoms with Crippen molar-refractivity contribution < 1.29 is 53.1 Å². The topological polar surface area (TPSA) is 380 Å². The normalized spacial score (nSPS) is 24.4. The molecular formula is C43H64N12O11S2. The first-order valence-corrected chi connectivity index (χ1v) is 24.8. The van der Waals surface area contributed by atoms with Gasteiger partial charge in [0.15, 0.2) is 0 Å². The standard InChI is InChI=1S/C43H64N12O11S2/c1-5-23(4)35-42(65)50-27(12-13-33(46)57)38(61)49-28(14-15-44)39(62)53-31(21-68-67-20-26(45)36(59)51-30(40(63)54-35)18-24-8-10-25(56)11-9-24)43(66)55-16-6-7-32(55)41(64)52-29(17-22(2)3)37(60)48-19-34(47)58/h8-11,22-23,26-32,35,56H,5-7,12-14,16-21,45H2,1-4H3,(H2,46,57)(H2,47,58)(H,48,60)(H,49,61)(H,50,65)(H,51,59)(H,52,64)(H,53,62)(H,54,63)/t23-,26-,27-,28-,29-,30-,31-,32-,35-/m0/s1. The molecule has 23 nitrogen and oxygen atoms in total. The summed E-state index contributed by atoms with van der Waals surface area (Å²) < 4.78 is 0. The Bertz CT molecular complexity index is 2040. The Labute approximate surface area is 402 Å². The predicted molar refractivity (Wildman–Crippen MR) is 251 cm³/mol. The fourth-order valence-electron chi connectivity index (χ4n) is 7.23. The molecule has 3 rings (SSSR count). The molecule has 68 heavy (non-hydrogen) atoms. The molecule has 2 aliphatic rings. The molecule has 2 heterocycles. The van der Waals surface area contributed by atoms with E-state index in [0.717, 1.165) is 21.6 Å². The maximum atomic E-state index is 14.5. The minimum atomic E-state index is -1.62. The number of hydrogen-bond donors (Lipinski definition) is 11. The summed E-state index contributed by atoms with van der Waals surface area (Å²) in [5, 5.41) is 37.6. The minimum absolute atomic E-state index is 0.0393. The molecule has 2 aliphatic heterocycles. The second kappa shape index (κ2) is 27.6. The van der Waals surface area contributed by atoms with Gasteiger partial charge in [-0.1, -0.05) is 67.8 Å². The summed E-state index contributed by atoms with van der Waals surface area (Å²) in [6.07, 6.45) is -0.361. The first-order chi connectivity index (χ1) is 32.1. The highest BCUT2D eigenvalue weighted by molar-refractivity contribution is 8.76. The lowest BCUT2D eigenvalue weighted by molar-refractivity contribution is -0.142. The lowest BCUT2D eigenvalue weighted by atomic mass is 9.96. The third kappa shape index (κ3) is 17.8. The van der Waals surface area contributed by atoms with Crippen LogP contribution in [0.15, 0.2) is 24.3 Å². The molecule has 14 N–H and O–H groups in total. The van der Waals surface area contributed by atoms with Gasteiger partial charge in [-0.05, 0) is 55.2 Å². The van der Waals surface area contributed by atoms with Crippen molar-refractivity contribution >= 4 is 80.7 Å². The van der Waals surface area contributed by atoms with Gasteiger partial charge >= 0.3 is 0 Å². The summed E-state index contributed by atoms with van der Waals surface area (Å²) in [4.78, 5) is 135. The molecule has 0 radical (unpaired) electrons. The smallest absolute Gasteiger partial charge is 0.246 e. The number of carbonyl (C=O) groups is 10. The van der Waals surface area contributed by atoms with Crippen LogP contribution in [0.25, 0.3) is 0 Å². The van der Waals surface area contributed by atoms with Crippen LogP contribution in [0.4, 0.5) is 0 Å². The van der Waals surface area contributed by atoms with Crippen LogP contribution in [-0.4, -0.2) is 142 Å². The number of primary amides is 2. The summed E-state index contributed by atoms with van der Waals surface area (Å²) in [5.41, 5.74) is 17.4. The number of phenolic OH excluding ortho intramolecular Hbond substituents is 1. The van der Waals surface area contributed by atoms with Crippen LogP contribution in [-0.2, 0) is 54.4 Å². The first kappa shape index (κ1) is 56.2. The van der Waals surface area contributed by atoms with Gasteiger partial charge < -0.3 is 64.4 Å². The Morgan fingerprint density at radius 3 is 2.09 bits per heavy atom. The lowest BCUT2D eigenvalue weighted by Gasteiger charge is -2.31. The highest BCUT2D eigenvalue weighted by Gasteiger charge is 2.41. The van der Waals surface area contributed by atoms with Crippen LogP contribution < -0.4 is 54.4 Å². The molecule has 374 valence electrons. The maximum absolute atomic E-state index is 14.5. The van der Waals surface area contributed by atoms with E-state index < -0.39 is 133 Å². The number of phenols is 1. The highest BCUT2D eigenvalue weighted by Crippen LogP contribution is 2.26. The number of benzene rings is 1. The SMILES string of the molecule is CC[C@H](C)[C@@H]1NC(=O)[C@H](Cc2ccc(O)cc2)NC(=O)[C@@H](N)CSSC[C@@H](C(=O)N2CCC[C@H]2C(=O)N[C@@H](CC(C)C)C(=O)NCC(N)=O)NC(=O)[C@H](CC#N)NC(=O)[C@H](CCC(N)=O)NC1=O. The van der Waals surface area contributed by atoms with Gasteiger partial charge in [0.1, 0.15) is 48.0 Å². The Hall–Kier alpha value is -6.13. The van der Waals surface area contributed by atoms with E-state index in [1.54, 1.807) is 26.0 Å². The average molecular weight is 989 g/mol. The van der Waals surface area contributed by atoms with Crippen LogP contribution in [0, 0.1) is 23.2 Å². The molecule has 1 aromatic carbocycles. The Morgan fingerprint density at radius 2 is 1.47 bits per heavy atom. The second-order valence-corrected chi connectivity index (χ2v) is 19.6. The van der Waals surface area contributed by atoms with E-state index in [1.165, 1.54) is 17.0 Å². The van der Waals surface area contributed by atoms with Crippen molar-refractivity contribution in [2.24, 2.45) is 29.0 Å². The van der Waals surface area contributed by atoms with Crippen LogP contribution >= 0.6 is 21.6 Å². The van der Waals surface area contributed by atoms with Gasteiger partial charge in [-0.25, -0.2) is 0 Å². The molecule has 0 unspecified atom stereocenters. The van der Waals surface area contributed by atoms with Gasteiger partial charge in [0.2, 0.25) is 59.1 Å². The fourth-order valence-corrected chi connectivity index (χ4v) is 9.51. The van der Waals surface area contributed by atoms with Crippen molar-refractivity contribution in [3.8, 4) is 11.8 Å². The molecule has 2 fully saturated rings. The van der Waals surface area contributed by atoms with E-state index in [2.05, 4.69) is 37.2 Å². The van der Waals surface area contributed by atoms with Crippen molar-refractivity contribution in [2.45, 2.75) is 127 Å². The maximum Gasteiger partial charge on any atom is 0.246 e. The third-order valence-electron chi connectivity index (χ3n) is 11.2. The Morgan fingerprint density at radius 1 is 0.853 bits per heavy atom. The van der Waals surface area contributed by atoms with E-state index in [9.17, 15) is 58.3 Å². The summed E-state index contributed by atoms with van der Waals surface area (Å²) in [5.74, 6) is -8.95. The minimum Gasteiger partial charge on any atom is -0.508 e. The Kier molecular flexibility index (Phi) is 22.8. The Balaban J connectivity index is 2.03. The summed E-state index contributed by atoms with van der Waals surface area (Å²) in [6.45, 7) is 6.68. The van der Waals surface area contributed by atoms with Crippen molar-refractivity contribution in [3.63, 3.8) is 0 Å². The van der Waals surface area contributed by atoms with Crippen LogP contribution in [0.2, 0.25) is 0 Å². The zero-order valence-corrected chi connectivity index (χ0v) is 40.2. The largest absolute Gasteiger partial charge is 0.508 e. The molecule has 0 bridgehead atoms. The van der Waals surface area contributed by atoms with Crippen LogP contribution in [0.3, 0.4) is 0 Å². The van der Waals surface area contributed by atoms with Crippen molar-refractivity contribution in [1.82, 2.24) is 42.1 Å². The molecule has 1 aromatic rings. The van der Waals surface area contributed by atoms with E-state index in [0.29, 0.717) is 18.4 Å². The van der Waals surface area contributed by atoms with Gasteiger partial charge in [0, 0.05) is 30.9 Å². The van der Waals surface area contributed by atoms with Crippen molar-refractivity contribution in [1.29, 1.82) is 5.26 Å². The van der Waals surface area contributed by atoms with Gasteiger partial charge in [-0.2, -0.15) is 5.26 Å². The number of nitriles is 1. The number of likely N-dealkylation sites (tertiary alicyclic amines) is 1. The van der Waals surface area contributed by atoms with Crippen molar-refractivity contribution in [3.05, 3.63) is 29.8 Å². The molecule has 25 heteroatoms. The van der Waals surface area contributed by atoms with Crippen LogP contribution in [0.1, 0.15) is 78.2 Å². The molecule has 0 spiro atoms. The summed E-state index contributed by atoms with van der Waals surface area (Å²) in [6, 6.07) is -2.85. The fraction of sp³-hybridized carbons (Fsp3) is 0.605. The third-order valence-corrected chi connectivity index (χ3v) is 13.6. The molecule has 9 atom stereocenters. The quantitative estimate of drug-likeness (QED) is 0.0759. The number of rotatable bonds is 16. The van der Waals surface area contributed by atoms with Gasteiger partial charge in [0.25, 0.3) is 0 Å². The monoisotopic (exact) mass is 988 g/mol. The molecule has 0 saturated carbocycles. The molecule has 0 aliphatic carbocycles. The number of aromatic hydroxyl groups is 1. The second-order valence-electron chi connectivity index (χ2n) is 17.1. The number of nitrogens with two attached hydrogens (primary N) is 3. The average Bonchev–Trinajstić information content (AvgIpc) is 3.79. The molecule has 0 aromatic heterocycles. The molecular weight excluding hydrogens is 925 g/mol. The summed E-state index contributed by atoms with van der Waals surface area (Å²) >= 11 is 0. The summed E-state index contributed by atoms with van der Waals surface area (Å²) in [7, 11) is 2.09. The highest BCUT2D eigenvalue weighted by atomic mass is 33.1. The number of nitrogens with zero attached hydrogens (tertiary/aromatic N) is 2. The zero-order chi connectivity index (χ0) is 50.7. The molecule has 2 saturated heterocycles. The van der Waals surface area contributed by atoms with E-state index in [4.69, 9.17) is 17.2 Å². The van der Waals surface area contributed by atoms with E-state index in [-0.39, 0.29) is 55.4 Å². The predicted octanol–water partition coefficient (Wildman–Crippen LogP) is -2.57. The van der Waals surface area contributed by atoms with Gasteiger partial charge in [-0.15, -0.1) is 0 Å². The lowest BCUT2D eigenvalue weighted by Crippen LogP contribution is -2.61. The van der Waals surface area contributed by atoms with Crippen LogP contribution in [0.5, 0.6) is 5.75 Å². The zero-order valence-electron chi connectivity index (χ0n) is 38.5. The van der Waals surface area contributed by atoms with Gasteiger partial charge in [0.05, 0.1) is 25.1 Å². The number of hydrogen-bond acceptors (Lipinski definition) is 15. The van der Waals surface area contributed by atoms with E-state index >= 15 is 0 Å². The van der Waals surface area contributed by atoms with E-state index in [1.807, 2.05) is 19.9 Å².